The van der Waals surface area contributed by atoms with E-state index in [1.165, 1.54) is 18.2 Å². The zero-order chi connectivity index (χ0) is 23.6. The van der Waals surface area contributed by atoms with Crippen LogP contribution in [0.5, 0.6) is 0 Å². The number of alkyl halides is 3. The van der Waals surface area contributed by atoms with E-state index in [9.17, 15) is 13.2 Å². The van der Waals surface area contributed by atoms with E-state index in [4.69, 9.17) is 40.3 Å². The summed E-state index contributed by atoms with van der Waals surface area (Å²) >= 11 is 17.2. The Morgan fingerprint density at radius 2 is 1.52 bits per heavy atom. The molecule has 170 valence electrons. The molecule has 33 heavy (non-hydrogen) atoms. The molecule has 3 aromatic rings. The summed E-state index contributed by atoms with van der Waals surface area (Å²) < 4.78 is 42.5. The summed E-state index contributed by atoms with van der Waals surface area (Å²) in [6, 6.07) is 19.8. The fourth-order valence-corrected chi connectivity index (χ4v) is 4.09. The Balaban J connectivity index is 1.62. The summed E-state index contributed by atoms with van der Waals surface area (Å²) in [5.74, 6) is 0. The van der Waals surface area contributed by atoms with Crippen molar-refractivity contribution in [2.75, 3.05) is 10.6 Å². The number of hydrogen-bond donors (Lipinski definition) is 3. The van der Waals surface area contributed by atoms with Gasteiger partial charge in [-0.25, -0.2) is 0 Å². The molecule has 0 radical (unpaired) electrons. The summed E-state index contributed by atoms with van der Waals surface area (Å²) in [5, 5.41) is 6.52. The van der Waals surface area contributed by atoms with Crippen LogP contribution in [0.3, 0.4) is 0 Å². The fraction of sp³-hybridized carbons (Fsp3) is 0.0870. The standard InChI is InChI=1S/C23H16Cl2F3N3OS/c24-16-10-15(11-17(25)12-16)22(23(26,27)28)13-20(31-32-22)14-5-4-8-19(9-14)30-21(33)29-18-6-2-1-3-7-18/h1-13,31H,(H2,29,30,33). The maximum Gasteiger partial charge on any atom is 0.428 e. The minimum absolute atomic E-state index is 0.0669. The van der Waals surface area contributed by atoms with Crippen LogP contribution in [0.4, 0.5) is 24.5 Å². The Bertz CT molecular complexity index is 1200. The second-order valence-corrected chi connectivity index (χ2v) is 8.46. The van der Waals surface area contributed by atoms with Gasteiger partial charge >= 0.3 is 6.18 Å². The first-order valence-corrected chi connectivity index (χ1v) is 10.8. The molecule has 0 aromatic heterocycles. The highest BCUT2D eigenvalue weighted by Gasteiger charge is 2.59. The van der Waals surface area contributed by atoms with Gasteiger partial charge < -0.3 is 10.6 Å². The van der Waals surface area contributed by atoms with Crippen molar-refractivity contribution in [3.63, 3.8) is 0 Å². The van der Waals surface area contributed by atoms with Crippen molar-refractivity contribution in [2.24, 2.45) is 0 Å². The van der Waals surface area contributed by atoms with Crippen LogP contribution in [0.2, 0.25) is 10.0 Å². The smallest absolute Gasteiger partial charge is 0.332 e. The molecular formula is C23H16Cl2F3N3OS. The third-order valence-corrected chi connectivity index (χ3v) is 5.49. The van der Waals surface area contributed by atoms with Crippen molar-refractivity contribution in [2.45, 2.75) is 11.8 Å². The number of benzene rings is 3. The first kappa shape index (κ1) is 23.4. The maximum atomic E-state index is 14.2. The number of anilines is 2. The first-order chi connectivity index (χ1) is 15.7. The summed E-state index contributed by atoms with van der Waals surface area (Å²) in [6.45, 7) is 0. The van der Waals surface area contributed by atoms with E-state index >= 15 is 0 Å². The molecule has 3 N–H and O–H groups in total. The van der Waals surface area contributed by atoms with Crippen LogP contribution >= 0.6 is 35.4 Å². The van der Waals surface area contributed by atoms with E-state index in [0.717, 1.165) is 11.8 Å². The van der Waals surface area contributed by atoms with Gasteiger partial charge in [-0.3, -0.25) is 10.3 Å². The molecular weight excluding hydrogens is 494 g/mol. The molecule has 1 atom stereocenters. The predicted molar refractivity (Wildman–Crippen MR) is 129 cm³/mol. The summed E-state index contributed by atoms with van der Waals surface area (Å²) in [5.41, 5.74) is 1.39. The van der Waals surface area contributed by atoms with Crippen molar-refractivity contribution in [1.29, 1.82) is 0 Å². The molecule has 0 saturated carbocycles. The largest absolute Gasteiger partial charge is 0.428 e. The molecule has 1 heterocycles. The Labute approximate surface area is 203 Å². The minimum atomic E-state index is -4.78. The van der Waals surface area contributed by atoms with Crippen molar-refractivity contribution >= 4 is 57.6 Å². The van der Waals surface area contributed by atoms with Gasteiger partial charge in [-0.05, 0) is 60.8 Å². The fourth-order valence-electron chi connectivity index (χ4n) is 3.33. The van der Waals surface area contributed by atoms with Crippen molar-refractivity contribution in [3.8, 4) is 0 Å². The molecule has 1 aliphatic heterocycles. The number of hydroxylamine groups is 1. The molecule has 3 aromatic carbocycles. The Morgan fingerprint density at radius 3 is 2.18 bits per heavy atom. The molecule has 4 nitrogen and oxygen atoms in total. The Hall–Kier alpha value is -2.78. The van der Waals surface area contributed by atoms with Gasteiger partial charge in [0.25, 0.3) is 0 Å². The SMILES string of the molecule is FC(F)(F)C1(c2cc(Cl)cc(Cl)c2)C=C(c2cccc(NC(=S)Nc3ccccc3)c2)NO1. The van der Waals surface area contributed by atoms with Gasteiger partial charge in [0.2, 0.25) is 5.60 Å². The Morgan fingerprint density at radius 1 is 0.879 bits per heavy atom. The predicted octanol–water partition coefficient (Wildman–Crippen LogP) is 7.14. The van der Waals surface area contributed by atoms with E-state index < -0.39 is 11.8 Å². The van der Waals surface area contributed by atoms with Crippen LogP contribution in [-0.4, -0.2) is 11.3 Å². The Kier molecular flexibility index (Phi) is 6.54. The second kappa shape index (κ2) is 9.23. The number of rotatable bonds is 4. The molecule has 0 fully saturated rings. The zero-order valence-corrected chi connectivity index (χ0v) is 19.0. The molecule has 0 spiro atoms. The summed E-state index contributed by atoms with van der Waals surface area (Å²) in [4.78, 5) is 5.12. The van der Waals surface area contributed by atoms with E-state index in [1.807, 2.05) is 30.3 Å². The van der Waals surface area contributed by atoms with Crippen LogP contribution in [-0.2, 0) is 10.4 Å². The minimum Gasteiger partial charge on any atom is -0.332 e. The molecule has 1 unspecified atom stereocenters. The quantitative estimate of drug-likeness (QED) is 0.326. The van der Waals surface area contributed by atoms with Gasteiger partial charge in [0.1, 0.15) is 0 Å². The molecule has 4 rings (SSSR count). The van der Waals surface area contributed by atoms with Crippen molar-refractivity contribution in [1.82, 2.24) is 5.48 Å². The zero-order valence-electron chi connectivity index (χ0n) is 16.7. The third kappa shape index (κ3) is 5.09. The average molecular weight is 510 g/mol. The third-order valence-electron chi connectivity index (χ3n) is 4.85. The van der Waals surface area contributed by atoms with Gasteiger partial charge in [0.15, 0.2) is 5.11 Å². The van der Waals surface area contributed by atoms with E-state index in [2.05, 4.69) is 16.1 Å². The molecule has 1 aliphatic rings. The first-order valence-electron chi connectivity index (χ1n) is 9.60. The molecule has 0 saturated heterocycles. The topological polar surface area (TPSA) is 45.3 Å². The van der Waals surface area contributed by atoms with Gasteiger partial charge in [0, 0.05) is 32.5 Å². The molecule has 0 amide bonds. The molecule has 0 bridgehead atoms. The number of nitrogens with one attached hydrogen (secondary N) is 3. The number of para-hydroxylation sites is 1. The number of halogens is 5. The molecule has 10 heteroatoms. The highest BCUT2D eigenvalue weighted by atomic mass is 35.5. The number of thiocarbonyl (C=S) groups is 1. The van der Waals surface area contributed by atoms with Gasteiger partial charge in [0.05, 0.1) is 5.70 Å². The lowest BCUT2D eigenvalue weighted by molar-refractivity contribution is -0.269. The van der Waals surface area contributed by atoms with Crippen LogP contribution < -0.4 is 16.1 Å². The van der Waals surface area contributed by atoms with Crippen LogP contribution in [0.15, 0.2) is 78.9 Å². The second-order valence-electron chi connectivity index (χ2n) is 7.18. The van der Waals surface area contributed by atoms with Crippen LogP contribution in [0.1, 0.15) is 11.1 Å². The average Bonchev–Trinajstić information content (AvgIpc) is 3.21. The van der Waals surface area contributed by atoms with E-state index in [1.54, 1.807) is 24.3 Å². The van der Waals surface area contributed by atoms with Crippen LogP contribution in [0.25, 0.3) is 5.70 Å². The van der Waals surface area contributed by atoms with Gasteiger partial charge in [-0.1, -0.05) is 53.5 Å². The lowest BCUT2D eigenvalue weighted by Gasteiger charge is -2.28. The van der Waals surface area contributed by atoms with E-state index in [0.29, 0.717) is 16.4 Å². The number of hydrogen-bond acceptors (Lipinski definition) is 3. The lowest BCUT2D eigenvalue weighted by atomic mass is 9.91. The van der Waals surface area contributed by atoms with Crippen LogP contribution in [0, 0.1) is 0 Å². The highest BCUT2D eigenvalue weighted by Crippen LogP contribution is 2.48. The van der Waals surface area contributed by atoms with Gasteiger partial charge in [-0.15, -0.1) is 0 Å². The van der Waals surface area contributed by atoms with Gasteiger partial charge in [-0.2, -0.15) is 13.2 Å². The van der Waals surface area contributed by atoms with Crippen molar-refractivity contribution < 1.29 is 18.0 Å². The molecule has 0 aliphatic carbocycles. The van der Waals surface area contributed by atoms with E-state index in [-0.39, 0.29) is 21.3 Å². The lowest BCUT2D eigenvalue weighted by Crippen LogP contribution is -2.42. The maximum absolute atomic E-state index is 14.2. The normalized spacial score (nSPS) is 17.8. The van der Waals surface area contributed by atoms with Crippen molar-refractivity contribution in [3.05, 3.63) is 100 Å². The summed E-state index contributed by atoms with van der Waals surface area (Å²) in [6.07, 6.45) is -3.82. The summed E-state index contributed by atoms with van der Waals surface area (Å²) in [7, 11) is 0. The monoisotopic (exact) mass is 509 g/mol. The highest BCUT2D eigenvalue weighted by molar-refractivity contribution is 7.80.